The molecule has 6 aromatic rings. The van der Waals surface area contributed by atoms with Crippen molar-refractivity contribution in [2.45, 2.75) is 47.0 Å². The summed E-state index contributed by atoms with van der Waals surface area (Å²) in [6.07, 6.45) is 5.94. The standard InChI is InChI=1S/C49H43NO2/c1-9-35-25-39(29-51)44(27-36(35)10-2)48(52)33(6)23-34-15-16-38-26-40(18-17-37(38)24-34)50(47-31(4)21-30(3)22-32(47)5)41-19-20-43-42-13-11-12-14-45(42)49(7,8)46(43)28-41/h9-29H,1-2H2,3-8H3. The van der Waals surface area contributed by atoms with E-state index in [1.165, 1.54) is 44.6 Å². The summed E-state index contributed by atoms with van der Waals surface area (Å²) in [6.45, 7) is 20.7. The van der Waals surface area contributed by atoms with E-state index in [2.05, 4.69) is 138 Å². The van der Waals surface area contributed by atoms with E-state index < -0.39 is 0 Å². The van der Waals surface area contributed by atoms with Gasteiger partial charge in [0.15, 0.2) is 12.1 Å². The molecule has 0 spiro atoms. The zero-order chi connectivity index (χ0) is 36.9. The van der Waals surface area contributed by atoms with E-state index in [1.807, 2.05) is 12.1 Å². The van der Waals surface area contributed by atoms with Crippen molar-refractivity contribution >= 4 is 58.1 Å². The first-order chi connectivity index (χ1) is 24.9. The Morgan fingerprint density at radius 3 is 2.00 bits per heavy atom. The summed E-state index contributed by atoms with van der Waals surface area (Å²) < 4.78 is 0. The van der Waals surface area contributed by atoms with E-state index in [4.69, 9.17) is 0 Å². The topological polar surface area (TPSA) is 37.4 Å². The number of hydrogen-bond donors (Lipinski definition) is 0. The van der Waals surface area contributed by atoms with Crippen LogP contribution in [0.4, 0.5) is 17.1 Å². The molecule has 52 heavy (non-hydrogen) atoms. The van der Waals surface area contributed by atoms with Gasteiger partial charge in [-0.25, -0.2) is 0 Å². The van der Waals surface area contributed by atoms with Crippen molar-refractivity contribution in [1.82, 2.24) is 0 Å². The molecule has 3 nitrogen and oxygen atoms in total. The Bertz CT molecular complexity index is 2490. The number of aldehydes is 1. The third-order valence-corrected chi connectivity index (χ3v) is 10.6. The van der Waals surface area contributed by atoms with Gasteiger partial charge in [0.2, 0.25) is 0 Å². The molecule has 0 saturated heterocycles. The van der Waals surface area contributed by atoms with Crippen molar-refractivity contribution in [1.29, 1.82) is 0 Å². The number of hydrogen-bond acceptors (Lipinski definition) is 3. The highest BCUT2D eigenvalue weighted by atomic mass is 16.1. The van der Waals surface area contributed by atoms with Gasteiger partial charge >= 0.3 is 0 Å². The van der Waals surface area contributed by atoms with E-state index in [-0.39, 0.29) is 11.2 Å². The molecule has 1 aliphatic carbocycles. The average Bonchev–Trinajstić information content (AvgIpc) is 3.37. The number of rotatable bonds is 9. The van der Waals surface area contributed by atoms with Gasteiger partial charge in [0, 0.05) is 27.9 Å². The van der Waals surface area contributed by atoms with Gasteiger partial charge in [-0.05, 0) is 143 Å². The van der Waals surface area contributed by atoms with Gasteiger partial charge in [-0.15, -0.1) is 0 Å². The molecule has 0 aromatic heterocycles. The highest BCUT2D eigenvalue weighted by Crippen LogP contribution is 2.51. The lowest BCUT2D eigenvalue weighted by atomic mass is 9.82. The molecule has 0 heterocycles. The molecule has 0 bridgehead atoms. The Kier molecular flexibility index (Phi) is 8.76. The van der Waals surface area contributed by atoms with Gasteiger partial charge in [-0.1, -0.05) is 105 Å². The van der Waals surface area contributed by atoms with Crippen molar-refractivity contribution < 1.29 is 9.59 Å². The van der Waals surface area contributed by atoms with Crippen molar-refractivity contribution in [3.63, 3.8) is 0 Å². The summed E-state index contributed by atoms with van der Waals surface area (Å²) in [4.78, 5) is 27.9. The maximum absolute atomic E-state index is 13.6. The molecular formula is C49H43NO2. The van der Waals surface area contributed by atoms with Gasteiger partial charge < -0.3 is 4.90 Å². The van der Waals surface area contributed by atoms with Crippen LogP contribution in [-0.2, 0) is 5.41 Å². The van der Waals surface area contributed by atoms with Crippen molar-refractivity contribution in [3.8, 4) is 11.1 Å². The normalized spacial score (nSPS) is 13.0. The Morgan fingerprint density at radius 1 is 0.673 bits per heavy atom. The molecule has 0 fully saturated rings. The van der Waals surface area contributed by atoms with Crippen LogP contribution in [0.3, 0.4) is 0 Å². The van der Waals surface area contributed by atoms with Crippen LogP contribution in [-0.4, -0.2) is 12.1 Å². The lowest BCUT2D eigenvalue weighted by molar-refractivity contribution is 0.102. The summed E-state index contributed by atoms with van der Waals surface area (Å²) in [5.41, 5.74) is 15.9. The predicted molar refractivity (Wildman–Crippen MR) is 220 cm³/mol. The second kappa shape index (κ2) is 13.2. The van der Waals surface area contributed by atoms with Crippen LogP contribution in [0.5, 0.6) is 0 Å². The number of anilines is 3. The van der Waals surface area contributed by atoms with Crippen LogP contribution >= 0.6 is 0 Å². The highest BCUT2D eigenvalue weighted by Gasteiger charge is 2.36. The maximum Gasteiger partial charge on any atom is 0.189 e. The fourth-order valence-corrected chi connectivity index (χ4v) is 8.07. The lowest BCUT2D eigenvalue weighted by Crippen LogP contribution is -2.17. The van der Waals surface area contributed by atoms with Crippen molar-refractivity contribution in [3.05, 3.63) is 177 Å². The van der Waals surface area contributed by atoms with Crippen LogP contribution in [0.15, 0.2) is 122 Å². The number of carbonyl (C=O) groups excluding carboxylic acids is 2. The second-order valence-corrected chi connectivity index (χ2v) is 14.5. The molecule has 3 heteroatoms. The van der Waals surface area contributed by atoms with Crippen molar-refractivity contribution in [2.75, 3.05) is 4.90 Å². The molecule has 0 saturated carbocycles. The minimum atomic E-state index is -0.198. The predicted octanol–water partition coefficient (Wildman–Crippen LogP) is 12.9. The van der Waals surface area contributed by atoms with Gasteiger partial charge in [-0.3, -0.25) is 9.59 Å². The zero-order valence-corrected chi connectivity index (χ0v) is 30.8. The third kappa shape index (κ3) is 5.82. The van der Waals surface area contributed by atoms with Crippen LogP contribution in [0, 0.1) is 20.8 Å². The third-order valence-electron chi connectivity index (χ3n) is 10.6. The summed E-state index contributed by atoms with van der Waals surface area (Å²) >= 11 is 0. The van der Waals surface area contributed by atoms with E-state index in [0.717, 1.165) is 45.1 Å². The molecule has 0 radical (unpaired) electrons. The molecule has 0 unspecified atom stereocenters. The van der Waals surface area contributed by atoms with Gasteiger partial charge in [0.1, 0.15) is 0 Å². The van der Waals surface area contributed by atoms with Crippen LogP contribution in [0.25, 0.3) is 40.1 Å². The fourth-order valence-electron chi connectivity index (χ4n) is 8.07. The van der Waals surface area contributed by atoms with Crippen LogP contribution in [0.2, 0.25) is 0 Å². The Hall–Kier alpha value is -6.06. The quantitative estimate of drug-likeness (QED) is 0.0868. The number of Topliss-reactive ketones (excluding diaryl/α,β-unsaturated/α-hetero) is 1. The first-order valence-corrected chi connectivity index (χ1v) is 17.7. The number of fused-ring (bicyclic) bond motifs is 4. The molecule has 6 aromatic carbocycles. The zero-order valence-electron chi connectivity index (χ0n) is 30.8. The maximum atomic E-state index is 13.6. The monoisotopic (exact) mass is 677 g/mol. The molecule has 256 valence electrons. The number of carbonyl (C=O) groups is 2. The SMILES string of the molecule is C=Cc1cc(C=O)c(C(=O)C(C)=Cc2ccc3cc(N(c4ccc5c(c4)C(C)(C)c4ccccc4-5)c4c(C)cc(C)cc4C)ccc3c2)cc1C=C. The van der Waals surface area contributed by atoms with E-state index in [1.54, 1.807) is 31.2 Å². The molecule has 0 aliphatic heterocycles. The number of benzene rings is 6. The lowest BCUT2D eigenvalue weighted by Gasteiger charge is -2.31. The Labute approximate surface area is 307 Å². The molecule has 0 amide bonds. The van der Waals surface area contributed by atoms with E-state index in [0.29, 0.717) is 16.7 Å². The first-order valence-electron chi connectivity index (χ1n) is 17.7. The summed E-state index contributed by atoms with van der Waals surface area (Å²) in [6, 6.07) is 36.5. The molecular weight excluding hydrogens is 635 g/mol. The Balaban J connectivity index is 1.29. The van der Waals surface area contributed by atoms with Gasteiger partial charge in [0.25, 0.3) is 0 Å². The molecule has 0 N–H and O–H groups in total. The Morgan fingerprint density at radius 2 is 1.29 bits per heavy atom. The second-order valence-electron chi connectivity index (χ2n) is 14.5. The number of ketones is 1. The largest absolute Gasteiger partial charge is 0.310 e. The van der Waals surface area contributed by atoms with Crippen molar-refractivity contribution in [2.24, 2.45) is 0 Å². The molecule has 7 rings (SSSR count). The number of allylic oxidation sites excluding steroid dienone is 1. The fraction of sp³-hybridized carbons (Fsp3) is 0.143. The van der Waals surface area contributed by atoms with Gasteiger partial charge in [0.05, 0.1) is 5.69 Å². The number of nitrogens with zero attached hydrogens (tertiary/aromatic N) is 1. The summed E-state index contributed by atoms with van der Waals surface area (Å²) in [5.74, 6) is -0.198. The molecule has 0 atom stereocenters. The van der Waals surface area contributed by atoms with E-state index in [9.17, 15) is 9.59 Å². The first kappa shape index (κ1) is 34.4. The molecule has 1 aliphatic rings. The summed E-state index contributed by atoms with van der Waals surface area (Å²) in [7, 11) is 0. The van der Waals surface area contributed by atoms with Crippen LogP contribution in [0.1, 0.15) is 86.0 Å². The van der Waals surface area contributed by atoms with E-state index >= 15 is 0 Å². The number of aryl methyl sites for hydroxylation is 3. The smallest absolute Gasteiger partial charge is 0.189 e. The van der Waals surface area contributed by atoms with Gasteiger partial charge in [-0.2, -0.15) is 0 Å². The highest BCUT2D eigenvalue weighted by molar-refractivity contribution is 6.15. The average molecular weight is 678 g/mol. The minimum absolute atomic E-state index is 0.115. The minimum Gasteiger partial charge on any atom is -0.310 e. The van der Waals surface area contributed by atoms with Crippen LogP contribution < -0.4 is 4.90 Å². The summed E-state index contributed by atoms with van der Waals surface area (Å²) in [5, 5.41) is 2.16.